The quantitative estimate of drug-likeness (QED) is 0.470. The van der Waals surface area contributed by atoms with Crippen molar-refractivity contribution in [2.45, 2.75) is 13.3 Å². The van der Waals surface area contributed by atoms with Gasteiger partial charge in [0.2, 0.25) is 5.91 Å². The first kappa shape index (κ1) is 23.2. The van der Waals surface area contributed by atoms with Crippen LogP contribution in [0.25, 0.3) is 6.08 Å². The highest BCUT2D eigenvalue weighted by molar-refractivity contribution is 6.32. The van der Waals surface area contributed by atoms with E-state index in [1.165, 1.54) is 13.2 Å². The fourth-order valence-electron chi connectivity index (χ4n) is 2.44. The number of hydrogen-bond donors (Lipinski definition) is 1. The Morgan fingerprint density at radius 2 is 1.87 bits per heavy atom. The highest BCUT2D eigenvalue weighted by Gasteiger charge is 2.17. The van der Waals surface area contributed by atoms with Crippen molar-refractivity contribution in [1.82, 2.24) is 0 Å². The number of amides is 1. The number of carbonyl (C=O) groups excluding carboxylic acids is 2. The largest absolute Gasteiger partial charge is 0.493 e. The van der Waals surface area contributed by atoms with Gasteiger partial charge >= 0.3 is 5.97 Å². The Labute approximate surface area is 177 Å². The van der Waals surface area contributed by atoms with Crippen LogP contribution in [0.5, 0.6) is 11.5 Å². The summed E-state index contributed by atoms with van der Waals surface area (Å²) in [4.78, 5) is 23.7. The van der Waals surface area contributed by atoms with Gasteiger partial charge < -0.3 is 19.5 Å². The average Bonchev–Trinajstić information content (AvgIpc) is 2.72. The Morgan fingerprint density at radius 1 is 1.13 bits per heavy atom. The first-order valence-corrected chi connectivity index (χ1v) is 9.25. The van der Waals surface area contributed by atoms with Crippen LogP contribution in [0.2, 0.25) is 5.02 Å². The number of nitrogens with one attached hydrogen (secondary N) is 1. The molecule has 0 atom stereocenters. The molecular formula is C21H20ClF2NO5. The first-order valence-electron chi connectivity index (χ1n) is 8.87. The summed E-state index contributed by atoms with van der Waals surface area (Å²) < 4.78 is 42.9. The molecule has 0 unspecified atom stereocenters. The van der Waals surface area contributed by atoms with E-state index in [1.54, 1.807) is 12.1 Å². The number of rotatable bonds is 8. The van der Waals surface area contributed by atoms with Gasteiger partial charge in [-0.05, 0) is 36.3 Å². The standard InChI is InChI=1S/C21H20ClF2NO5/c1-4-7-30-20-14(22)8-12(9-18(20)28-2)5-6-19(26)25-17-10-13(21(27)29-3)15(23)11-16(17)24/h5-6,8-11H,4,7H2,1-3H3,(H,25,26)/b6-5+. The molecule has 2 rings (SSSR count). The number of hydrogen-bond acceptors (Lipinski definition) is 5. The molecule has 30 heavy (non-hydrogen) atoms. The highest BCUT2D eigenvalue weighted by atomic mass is 35.5. The Kier molecular flexibility index (Phi) is 8.17. The molecule has 0 radical (unpaired) electrons. The Morgan fingerprint density at radius 3 is 2.50 bits per heavy atom. The number of halogens is 3. The predicted molar refractivity (Wildman–Crippen MR) is 109 cm³/mol. The Balaban J connectivity index is 2.21. The molecule has 0 aliphatic carbocycles. The summed E-state index contributed by atoms with van der Waals surface area (Å²) in [6.07, 6.45) is 3.34. The van der Waals surface area contributed by atoms with Crippen LogP contribution in [0, 0.1) is 11.6 Å². The van der Waals surface area contributed by atoms with Crippen molar-refractivity contribution >= 4 is 35.2 Å². The maximum atomic E-state index is 13.9. The molecule has 0 saturated heterocycles. The Bertz CT molecular complexity index is 978. The fourth-order valence-corrected chi connectivity index (χ4v) is 2.71. The van der Waals surface area contributed by atoms with Crippen LogP contribution in [0.3, 0.4) is 0 Å². The lowest BCUT2D eigenvalue weighted by Gasteiger charge is -2.12. The number of ether oxygens (including phenoxy) is 3. The molecule has 160 valence electrons. The van der Waals surface area contributed by atoms with Crippen LogP contribution in [-0.4, -0.2) is 32.7 Å². The summed E-state index contributed by atoms with van der Waals surface area (Å²) in [6, 6.07) is 4.55. The molecule has 0 bridgehead atoms. The third kappa shape index (κ3) is 5.70. The first-order chi connectivity index (χ1) is 14.3. The molecule has 0 spiro atoms. The number of benzene rings is 2. The van der Waals surface area contributed by atoms with Crippen molar-refractivity contribution in [3.8, 4) is 11.5 Å². The SMILES string of the molecule is CCCOc1c(Cl)cc(/C=C/C(=O)Nc2cc(C(=O)OC)c(F)cc2F)cc1OC. The van der Waals surface area contributed by atoms with E-state index in [1.807, 2.05) is 6.92 Å². The van der Waals surface area contributed by atoms with Gasteiger partial charge in [0.25, 0.3) is 0 Å². The van der Waals surface area contributed by atoms with E-state index >= 15 is 0 Å². The molecule has 2 aromatic rings. The zero-order valence-electron chi connectivity index (χ0n) is 16.6. The average molecular weight is 440 g/mol. The van der Waals surface area contributed by atoms with Crippen molar-refractivity contribution in [3.05, 3.63) is 58.1 Å². The van der Waals surface area contributed by atoms with Gasteiger partial charge in [-0.2, -0.15) is 0 Å². The molecule has 1 amide bonds. The molecule has 1 N–H and O–H groups in total. The normalized spacial score (nSPS) is 10.7. The van der Waals surface area contributed by atoms with E-state index in [0.29, 0.717) is 34.8 Å². The summed E-state index contributed by atoms with van der Waals surface area (Å²) in [5, 5.41) is 2.55. The third-order valence-electron chi connectivity index (χ3n) is 3.85. The lowest BCUT2D eigenvalue weighted by molar-refractivity contribution is -0.111. The second-order valence-electron chi connectivity index (χ2n) is 6.01. The molecule has 0 saturated carbocycles. The van der Waals surface area contributed by atoms with Crippen molar-refractivity contribution in [2.75, 3.05) is 26.1 Å². The van der Waals surface area contributed by atoms with Crippen molar-refractivity contribution in [3.63, 3.8) is 0 Å². The molecule has 0 aliphatic rings. The molecule has 0 fully saturated rings. The smallest absolute Gasteiger partial charge is 0.340 e. The predicted octanol–water partition coefficient (Wildman–Crippen LogP) is 4.85. The summed E-state index contributed by atoms with van der Waals surface area (Å²) in [6.45, 7) is 2.42. The number of carbonyl (C=O) groups is 2. The fraction of sp³-hybridized carbons (Fsp3) is 0.238. The van der Waals surface area contributed by atoms with Crippen LogP contribution in [0.4, 0.5) is 14.5 Å². The van der Waals surface area contributed by atoms with E-state index < -0.39 is 29.1 Å². The zero-order valence-corrected chi connectivity index (χ0v) is 17.3. The van der Waals surface area contributed by atoms with Gasteiger partial charge in [-0.1, -0.05) is 18.5 Å². The molecule has 0 aromatic heterocycles. The van der Waals surface area contributed by atoms with E-state index in [4.69, 9.17) is 21.1 Å². The molecule has 0 aliphatic heterocycles. The number of methoxy groups -OCH3 is 2. The molecule has 2 aromatic carbocycles. The maximum absolute atomic E-state index is 13.9. The van der Waals surface area contributed by atoms with Crippen molar-refractivity contribution in [1.29, 1.82) is 0 Å². The molecule has 6 nitrogen and oxygen atoms in total. The van der Waals surface area contributed by atoms with Gasteiger partial charge in [0.15, 0.2) is 11.5 Å². The minimum absolute atomic E-state index is 0.301. The highest BCUT2D eigenvalue weighted by Crippen LogP contribution is 2.36. The van der Waals surface area contributed by atoms with Gasteiger partial charge in [-0.15, -0.1) is 0 Å². The number of anilines is 1. The van der Waals surface area contributed by atoms with E-state index in [9.17, 15) is 18.4 Å². The van der Waals surface area contributed by atoms with E-state index in [2.05, 4.69) is 10.1 Å². The van der Waals surface area contributed by atoms with E-state index in [-0.39, 0.29) is 5.69 Å². The lowest BCUT2D eigenvalue weighted by atomic mass is 10.1. The topological polar surface area (TPSA) is 73.9 Å². The van der Waals surface area contributed by atoms with E-state index in [0.717, 1.165) is 25.7 Å². The molecule has 9 heteroatoms. The minimum atomic E-state index is -1.10. The summed E-state index contributed by atoms with van der Waals surface area (Å²) >= 11 is 6.22. The molecule has 0 heterocycles. The van der Waals surface area contributed by atoms with Crippen molar-refractivity contribution in [2.24, 2.45) is 0 Å². The molecular weight excluding hydrogens is 420 g/mol. The monoisotopic (exact) mass is 439 g/mol. The Hall–Kier alpha value is -3.13. The summed E-state index contributed by atoms with van der Waals surface area (Å²) in [5.74, 6) is -3.05. The second-order valence-corrected chi connectivity index (χ2v) is 6.42. The lowest BCUT2D eigenvalue weighted by Crippen LogP contribution is -2.12. The summed E-state index contributed by atoms with van der Waals surface area (Å²) in [7, 11) is 2.52. The third-order valence-corrected chi connectivity index (χ3v) is 4.13. The van der Waals surface area contributed by atoms with Crippen molar-refractivity contribution < 1.29 is 32.6 Å². The summed E-state index contributed by atoms with van der Waals surface area (Å²) in [5.41, 5.74) is -0.339. The van der Waals surface area contributed by atoms with Gasteiger partial charge in [0.05, 0.1) is 37.1 Å². The van der Waals surface area contributed by atoms with Crippen LogP contribution in [-0.2, 0) is 9.53 Å². The van der Waals surface area contributed by atoms with Crippen LogP contribution in [0.1, 0.15) is 29.3 Å². The maximum Gasteiger partial charge on any atom is 0.340 e. The number of esters is 1. The van der Waals surface area contributed by atoms with Gasteiger partial charge in [-0.25, -0.2) is 13.6 Å². The van der Waals surface area contributed by atoms with Gasteiger partial charge in [0.1, 0.15) is 11.6 Å². The van der Waals surface area contributed by atoms with Gasteiger partial charge in [0, 0.05) is 12.1 Å². The van der Waals surface area contributed by atoms with Crippen LogP contribution in [0.15, 0.2) is 30.3 Å². The second kappa shape index (κ2) is 10.6. The zero-order chi connectivity index (χ0) is 22.3. The van der Waals surface area contributed by atoms with Gasteiger partial charge in [-0.3, -0.25) is 4.79 Å². The van der Waals surface area contributed by atoms with Crippen LogP contribution < -0.4 is 14.8 Å². The van der Waals surface area contributed by atoms with Crippen LogP contribution >= 0.6 is 11.6 Å². The minimum Gasteiger partial charge on any atom is -0.493 e.